The van der Waals surface area contributed by atoms with Crippen LogP contribution in [-0.2, 0) is 21.4 Å². The van der Waals surface area contributed by atoms with Crippen LogP contribution in [0.3, 0.4) is 0 Å². The fourth-order valence-corrected chi connectivity index (χ4v) is 4.17. The van der Waals surface area contributed by atoms with Gasteiger partial charge in [-0.1, -0.05) is 13.0 Å². The number of hydrogen-bond donors (Lipinski definition) is 0. The van der Waals surface area contributed by atoms with Gasteiger partial charge in [-0.3, -0.25) is 0 Å². The Morgan fingerprint density at radius 3 is 2.84 bits per heavy atom. The zero-order valence-electron chi connectivity index (χ0n) is 10.4. The number of halogens is 1. The topological polar surface area (TPSA) is 62.1 Å². The monoisotopic (exact) mass is 319 g/mol. The summed E-state index contributed by atoms with van der Waals surface area (Å²) in [4.78, 5) is 0.218. The maximum Gasteiger partial charge on any atom is 0.245 e. The van der Waals surface area contributed by atoms with E-state index in [-0.39, 0.29) is 4.90 Å². The Hall–Kier alpha value is -0.760. The van der Waals surface area contributed by atoms with Gasteiger partial charge in [0.1, 0.15) is 16.3 Å². The molecule has 0 unspecified atom stereocenters. The standard InChI is InChI=1S/C11H14ClN3O2S2/c1-2-15(8-4-7-12)19(16,17)10-6-3-5-9-11(10)14-18-13-9/h3,5-6H,2,4,7-8H2,1H3. The predicted octanol–water partition coefficient (Wildman–Crippen LogP) is 3.05. The first-order chi connectivity index (χ1) is 9.11. The van der Waals surface area contributed by atoms with Gasteiger partial charge < -0.3 is 0 Å². The van der Waals surface area contributed by atoms with Gasteiger partial charge in [0.2, 0.25) is 10.0 Å². The maximum atomic E-state index is 12.6. The number of sulfonamides is 1. The summed E-state index contributed by atoms with van der Waals surface area (Å²) in [6.07, 6.45) is 0.625. The van der Waals surface area contributed by atoms with Crippen molar-refractivity contribution in [2.75, 3.05) is 19.0 Å². The Labute approximate surface area is 121 Å². The molecule has 0 N–H and O–H groups in total. The lowest BCUT2D eigenvalue weighted by molar-refractivity contribution is 0.428. The molecule has 0 radical (unpaired) electrons. The highest BCUT2D eigenvalue weighted by atomic mass is 35.5. The molecule has 0 saturated carbocycles. The van der Waals surface area contributed by atoms with E-state index in [0.29, 0.717) is 36.8 Å². The van der Waals surface area contributed by atoms with Crippen molar-refractivity contribution in [3.05, 3.63) is 18.2 Å². The van der Waals surface area contributed by atoms with E-state index in [2.05, 4.69) is 8.73 Å². The second-order valence-corrected chi connectivity index (χ2v) is 6.74. The Bertz CT molecular complexity index is 639. The summed E-state index contributed by atoms with van der Waals surface area (Å²) in [6.45, 7) is 2.63. The molecule has 1 aliphatic heterocycles. The zero-order chi connectivity index (χ0) is 13.9. The highest BCUT2D eigenvalue weighted by molar-refractivity contribution is 7.89. The van der Waals surface area contributed by atoms with E-state index in [1.807, 2.05) is 6.92 Å². The van der Waals surface area contributed by atoms with Crippen molar-refractivity contribution in [2.45, 2.75) is 18.2 Å². The van der Waals surface area contributed by atoms with E-state index >= 15 is 0 Å². The summed E-state index contributed by atoms with van der Waals surface area (Å²) in [5.41, 5.74) is 1.05. The molecule has 1 aromatic rings. The van der Waals surface area contributed by atoms with Crippen LogP contribution in [0.5, 0.6) is 0 Å². The molecule has 0 aliphatic carbocycles. The third-order valence-electron chi connectivity index (χ3n) is 2.76. The Morgan fingerprint density at radius 2 is 2.16 bits per heavy atom. The molecule has 0 aromatic heterocycles. The lowest BCUT2D eigenvalue weighted by Crippen LogP contribution is -2.32. The van der Waals surface area contributed by atoms with Crippen LogP contribution in [0.2, 0.25) is 0 Å². The second kappa shape index (κ2) is 6.13. The first kappa shape index (κ1) is 14.6. The average Bonchev–Trinajstić information content (AvgIpc) is 2.87. The first-order valence-electron chi connectivity index (χ1n) is 5.88. The Kier molecular flexibility index (Phi) is 4.72. The van der Waals surface area contributed by atoms with Crippen LogP contribution < -0.4 is 0 Å². The van der Waals surface area contributed by atoms with Crippen molar-refractivity contribution in [1.29, 1.82) is 0 Å². The van der Waals surface area contributed by atoms with Gasteiger partial charge in [0.25, 0.3) is 0 Å². The summed E-state index contributed by atoms with van der Waals surface area (Å²) in [7, 11) is -3.54. The average molecular weight is 320 g/mol. The van der Waals surface area contributed by atoms with Crippen molar-refractivity contribution >= 4 is 44.4 Å². The molecule has 0 fully saturated rings. The number of benzene rings is 1. The molecule has 1 aromatic carbocycles. The Balaban J connectivity index is 2.40. The minimum Gasteiger partial charge on any atom is -0.207 e. The fraction of sp³-hybridized carbons (Fsp3) is 0.455. The van der Waals surface area contributed by atoms with Gasteiger partial charge in [0.05, 0.1) is 11.4 Å². The summed E-state index contributed by atoms with van der Waals surface area (Å²) in [6, 6.07) is 5.02. The molecule has 0 bridgehead atoms. The molecular weight excluding hydrogens is 306 g/mol. The number of fused-ring (bicyclic) bond motifs is 1. The molecule has 0 amide bonds. The summed E-state index contributed by atoms with van der Waals surface area (Å²) in [5, 5.41) is 0. The van der Waals surface area contributed by atoms with Gasteiger partial charge in [-0.15, -0.1) is 11.6 Å². The zero-order valence-corrected chi connectivity index (χ0v) is 12.8. The fourth-order valence-electron chi connectivity index (χ4n) is 1.81. The van der Waals surface area contributed by atoms with Crippen LogP contribution in [0.1, 0.15) is 13.3 Å². The first-order valence-corrected chi connectivity index (χ1v) is 8.59. The normalized spacial score (nSPS) is 13.6. The number of hydrogen-bond acceptors (Lipinski definition) is 4. The number of rotatable bonds is 6. The molecule has 104 valence electrons. The third kappa shape index (κ3) is 2.89. The molecule has 1 heterocycles. The Morgan fingerprint density at radius 1 is 1.37 bits per heavy atom. The second-order valence-electron chi connectivity index (χ2n) is 3.93. The lowest BCUT2D eigenvalue weighted by atomic mass is 10.3. The maximum absolute atomic E-state index is 12.6. The third-order valence-corrected chi connectivity index (χ3v) is 5.58. The quantitative estimate of drug-likeness (QED) is 0.768. The van der Waals surface area contributed by atoms with Crippen molar-refractivity contribution in [2.24, 2.45) is 8.73 Å². The van der Waals surface area contributed by atoms with E-state index in [4.69, 9.17) is 11.6 Å². The molecule has 0 atom stereocenters. The van der Waals surface area contributed by atoms with E-state index in [1.54, 1.807) is 18.2 Å². The lowest BCUT2D eigenvalue weighted by Gasteiger charge is -2.20. The van der Waals surface area contributed by atoms with Gasteiger partial charge in [-0.05, 0) is 18.6 Å². The molecule has 0 saturated heterocycles. The van der Waals surface area contributed by atoms with Gasteiger partial charge in [-0.2, -0.15) is 13.0 Å². The van der Waals surface area contributed by atoms with Crippen LogP contribution in [0.4, 0.5) is 11.4 Å². The molecular formula is C11H14ClN3O2S2. The van der Waals surface area contributed by atoms with Gasteiger partial charge in [-0.25, -0.2) is 8.42 Å². The smallest absolute Gasteiger partial charge is 0.207 e. The van der Waals surface area contributed by atoms with Gasteiger partial charge in [0.15, 0.2) is 0 Å². The van der Waals surface area contributed by atoms with Crippen molar-refractivity contribution in [1.82, 2.24) is 4.31 Å². The van der Waals surface area contributed by atoms with Crippen molar-refractivity contribution < 1.29 is 8.42 Å². The molecule has 2 rings (SSSR count). The van der Waals surface area contributed by atoms with Gasteiger partial charge in [0, 0.05) is 19.0 Å². The van der Waals surface area contributed by atoms with E-state index in [9.17, 15) is 8.42 Å². The molecule has 5 nitrogen and oxygen atoms in total. The van der Waals surface area contributed by atoms with Crippen LogP contribution in [0.15, 0.2) is 31.8 Å². The summed E-state index contributed by atoms with van der Waals surface area (Å²) >= 11 is 6.65. The largest absolute Gasteiger partial charge is 0.245 e. The minimum absolute atomic E-state index is 0.218. The van der Waals surface area contributed by atoms with Gasteiger partial charge >= 0.3 is 0 Å². The van der Waals surface area contributed by atoms with E-state index in [0.717, 1.165) is 11.4 Å². The van der Waals surface area contributed by atoms with Crippen molar-refractivity contribution in [3.8, 4) is 0 Å². The van der Waals surface area contributed by atoms with E-state index < -0.39 is 10.0 Å². The summed E-state index contributed by atoms with van der Waals surface area (Å²) < 4.78 is 34.8. The molecule has 0 spiro atoms. The summed E-state index contributed by atoms with van der Waals surface area (Å²) in [5.74, 6) is 0.439. The van der Waals surface area contributed by atoms with Crippen LogP contribution in [-0.4, -0.2) is 31.7 Å². The number of alkyl halides is 1. The molecule has 19 heavy (non-hydrogen) atoms. The minimum atomic E-state index is -3.54. The highest BCUT2D eigenvalue weighted by Gasteiger charge is 2.27. The van der Waals surface area contributed by atoms with Crippen LogP contribution in [0, 0.1) is 0 Å². The van der Waals surface area contributed by atoms with Crippen LogP contribution in [0.25, 0.3) is 0 Å². The van der Waals surface area contributed by atoms with Crippen LogP contribution >= 0.6 is 11.6 Å². The van der Waals surface area contributed by atoms with Crippen molar-refractivity contribution in [3.63, 3.8) is 0 Å². The SMILES string of the molecule is CCN(CCCCl)S(=O)(=O)c1cccc2c1N=S=N2. The molecule has 8 heteroatoms. The molecule has 1 aliphatic rings. The highest BCUT2D eigenvalue weighted by Crippen LogP contribution is 2.38. The van der Waals surface area contributed by atoms with E-state index in [1.165, 1.54) is 4.31 Å². The predicted molar refractivity (Wildman–Crippen MR) is 77.8 cm³/mol. The number of nitrogens with zero attached hydrogens (tertiary/aromatic N) is 3.